The number of benzene rings is 2. The monoisotopic (exact) mass is 390 g/mol. The van der Waals surface area contributed by atoms with Gasteiger partial charge in [0, 0.05) is 25.6 Å². The summed E-state index contributed by atoms with van der Waals surface area (Å²) in [6, 6.07) is 14.8. The topological polar surface area (TPSA) is 75.7 Å². The second-order valence-corrected chi connectivity index (χ2v) is 8.31. The molecule has 0 unspecified atom stereocenters. The molecule has 0 saturated carbocycles. The number of carbonyl (C=O) groups excluding carboxylic acids is 1. The normalized spacial score (nSPS) is 11.1. The fourth-order valence-electron chi connectivity index (χ4n) is 2.63. The number of methoxy groups -OCH3 is 1. The molecule has 0 aliphatic carbocycles. The Morgan fingerprint density at radius 1 is 1.15 bits per heavy atom. The number of nitrogens with one attached hydrogen (secondary N) is 1. The fourth-order valence-corrected chi connectivity index (χ4v) is 3.59. The van der Waals surface area contributed by atoms with Crippen LogP contribution in [0.25, 0.3) is 0 Å². The van der Waals surface area contributed by atoms with E-state index in [1.165, 1.54) is 17.0 Å². The number of anilines is 1. The van der Waals surface area contributed by atoms with Crippen LogP contribution in [-0.2, 0) is 21.4 Å². The Hall–Kier alpha value is -2.54. The van der Waals surface area contributed by atoms with Crippen LogP contribution >= 0.6 is 0 Å². The van der Waals surface area contributed by atoms with E-state index in [1.807, 2.05) is 31.2 Å². The Morgan fingerprint density at radius 2 is 1.85 bits per heavy atom. The summed E-state index contributed by atoms with van der Waals surface area (Å²) < 4.78 is 30.7. The van der Waals surface area contributed by atoms with Crippen molar-refractivity contribution >= 4 is 21.6 Å². The van der Waals surface area contributed by atoms with Crippen LogP contribution in [0, 0.1) is 6.92 Å². The molecule has 1 N–H and O–H groups in total. The zero-order valence-electron chi connectivity index (χ0n) is 15.9. The van der Waals surface area contributed by atoms with Gasteiger partial charge >= 0.3 is 0 Å². The van der Waals surface area contributed by atoms with Crippen molar-refractivity contribution < 1.29 is 17.9 Å². The zero-order chi connectivity index (χ0) is 19.9. The van der Waals surface area contributed by atoms with Gasteiger partial charge in [0.05, 0.1) is 19.1 Å². The molecule has 0 aromatic heterocycles. The first-order chi connectivity index (χ1) is 12.8. The van der Waals surface area contributed by atoms with Crippen molar-refractivity contribution in [2.75, 3.05) is 24.2 Å². The number of nitrogens with zero attached hydrogens (tertiary/aromatic N) is 1. The average molecular weight is 391 g/mol. The minimum atomic E-state index is -3.45. The van der Waals surface area contributed by atoms with Crippen molar-refractivity contribution in [2.24, 2.45) is 0 Å². The van der Waals surface area contributed by atoms with Crippen molar-refractivity contribution in [1.82, 2.24) is 5.32 Å². The summed E-state index contributed by atoms with van der Waals surface area (Å²) in [7, 11) is -1.92. The van der Waals surface area contributed by atoms with Crippen molar-refractivity contribution in [1.29, 1.82) is 0 Å². The smallest absolute Gasteiger partial charge is 0.232 e. The highest BCUT2D eigenvalue weighted by atomic mass is 32.2. The van der Waals surface area contributed by atoms with E-state index in [4.69, 9.17) is 4.74 Å². The first-order valence-corrected chi connectivity index (χ1v) is 10.6. The quantitative estimate of drug-likeness (QED) is 0.714. The fraction of sp³-hybridized carbons (Fsp3) is 0.350. The minimum Gasteiger partial charge on any atom is -0.497 e. The molecule has 0 atom stereocenters. The molecule has 146 valence electrons. The number of carbonyl (C=O) groups is 1. The van der Waals surface area contributed by atoms with Gasteiger partial charge in [-0.1, -0.05) is 35.9 Å². The summed E-state index contributed by atoms with van der Waals surface area (Å²) in [4.78, 5) is 12.1. The Balaban J connectivity index is 1.89. The number of ether oxygens (including phenoxy) is 1. The predicted octanol–water partition coefficient (Wildman–Crippen LogP) is 2.87. The SMILES string of the molecule is COc1cccc(N(CCCC(=O)NCc2ccc(C)cc2)S(C)(=O)=O)c1. The molecular formula is C20H26N2O4S. The minimum absolute atomic E-state index is 0.102. The molecule has 0 bridgehead atoms. The molecule has 1 amide bonds. The molecule has 6 nitrogen and oxygen atoms in total. The van der Waals surface area contributed by atoms with E-state index in [0.717, 1.165) is 11.8 Å². The first-order valence-electron chi connectivity index (χ1n) is 8.73. The highest BCUT2D eigenvalue weighted by molar-refractivity contribution is 7.92. The lowest BCUT2D eigenvalue weighted by molar-refractivity contribution is -0.121. The van der Waals surface area contributed by atoms with Crippen LogP contribution in [0.5, 0.6) is 5.75 Å². The lowest BCUT2D eigenvalue weighted by Crippen LogP contribution is -2.32. The predicted molar refractivity (Wildman–Crippen MR) is 107 cm³/mol. The van der Waals surface area contributed by atoms with Crippen LogP contribution in [0.1, 0.15) is 24.0 Å². The maximum absolute atomic E-state index is 12.1. The molecule has 0 aliphatic rings. The molecule has 0 heterocycles. The second-order valence-electron chi connectivity index (χ2n) is 6.40. The Kier molecular flexibility index (Phi) is 7.24. The molecule has 2 aromatic rings. The lowest BCUT2D eigenvalue weighted by atomic mass is 10.1. The molecule has 2 rings (SSSR count). The van der Waals surface area contributed by atoms with Crippen LogP contribution in [0.3, 0.4) is 0 Å². The van der Waals surface area contributed by atoms with E-state index >= 15 is 0 Å². The van der Waals surface area contributed by atoms with Gasteiger partial charge in [-0.2, -0.15) is 0 Å². The van der Waals surface area contributed by atoms with Crippen LogP contribution in [-0.4, -0.2) is 34.2 Å². The third-order valence-corrected chi connectivity index (χ3v) is 5.31. The Labute approximate surface area is 161 Å². The van der Waals surface area contributed by atoms with Crippen LogP contribution < -0.4 is 14.4 Å². The molecular weight excluding hydrogens is 364 g/mol. The second kappa shape index (κ2) is 9.41. The third kappa shape index (κ3) is 6.60. The van der Waals surface area contributed by atoms with E-state index in [9.17, 15) is 13.2 Å². The number of hydrogen-bond donors (Lipinski definition) is 1. The van der Waals surface area contributed by atoms with Gasteiger partial charge in [0.1, 0.15) is 5.75 Å². The highest BCUT2D eigenvalue weighted by Gasteiger charge is 2.18. The zero-order valence-corrected chi connectivity index (χ0v) is 16.8. The molecule has 27 heavy (non-hydrogen) atoms. The molecule has 2 aromatic carbocycles. The van der Waals surface area contributed by atoms with Gasteiger partial charge in [0.2, 0.25) is 15.9 Å². The number of sulfonamides is 1. The largest absolute Gasteiger partial charge is 0.497 e. The van der Waals surface area contributed by atoms with Gasteiger partial charge in [0.15, 0.2) is 0 Å². The van der Waals surface area contributed by atoms with E-state index in [1.54, 1.807) is 24.3 Å². The Morgan fingerprint density at radius 3 is 2.48 bits per heavy atom. The van der Waals surface area contributed by atoms with Gasteiger partial charge in [0.25, 0.3) is 0 Å². The first kappa shape index (κ1) is 20.8. The highest BCUT2D eigenvalue weighted by Crippen LogP contribution is 2.23. The number of amides is 1. The lowest BCUT2D eigenvalue weighted by Gasteiger charge is -2.22. The van der Waals surface area contributed by atoms with E-state index in [2.05, 4.69) is 5.32 Å². The van der Waals surface area contributed by atoms with Crippen molar-refractivity contribution in [3.05, 3.63) is 59.7 Å². The average Bonchev–Trinajstić information content (AvgIpc) is 2.63. The van der Waals surface area contributed by atoms with Crippen LogP contribution in [0.4, 0.5) is 5.69 Å². The molecule has 7 heteroatoms. The van der Waals surface area contributed by atoms with Crippen LogP contribution in [0.15, 0.2) is 48.5 Å². The van der Waals surface area contributed by atoms with E-state index in [0.29, 0.717) is 24.4 Å². The molecule has 0 saturated heterocycles. The van der Waals surface area contributed by atoms with Gasteiger partial charge in [-0.15, -0.1) is 0 Å². The summed E-state index contributed by atoms with van der Waals surface area (Å²) >= 11 is 0. The van der Waals surface area contributed by atoms with Gasteiger partial charge in [-0.3, -0.25) is 9.10 Å². The van der Waals surface area contributed by atoms with Crippen molar-refractivity contribution in [2.45, 2.75) is 26.3 Å². The summed E-state index contributed by atoms with van der Waals surface area (Å²) in [5.41, 5.74) is 2.73. The molecule has 0 aliphatic heterocycles. The third-order valence-electron chi connectivity index (χ3n) is 4.12. The van der Waals surface area contributed by atoms with Gasteiger partial charge in [-0.05, 0) is 31.0 Å². The Bertz CT molecular complexity index is 864. The van der Waals surface area contributed by atoms with Gasteiger partial charge in [-0.25, -0.2) is 8.42 Å². The summed E-state index contributed by atoms with van der Waals surface area (Å²) in [5.74, 6) is 0.478. The maximum atomic E-state index is 12.1. The van der Waals surface area contributed by atoms with Crippen molar-refractivity contribution in [3.63, 3.8) is 0 Å². The number of rotatable bonds is 9. The number of hydrogen-bond acceptors (Lipinski definition) is 4. The molecule has 0 spiro atoms. The maximum Gasteiger partial charge on any atom is 0.232 e. The van der Waals surface area contributed by atoms with Crippen molar-refractivity contribution in [3.8, 4) is 5.75 Å². The van der Waals surface area contributed by atoms with Gasteiger partial charge < -0.3 is 10.1 Å². The summed E-state index contributed by atoms with van der Waals surface area (Å²) in [6.45, 7) is 2.70. The summed E-state index contributed by atoms with van der Waals surface area (Å²) in [6.07, 6.45) is 1.83. The molecule has 0 fully saturated rings. The number of aryl methyl sites for hydroxylation is 1. The summed E-state index contributed by atoms with van der Waals surface area (Å²) in [5, 5.41) is 2.86. The van der Waals surface area contributed by atoms with Crippen LogP contribution in [0.2, 0.25) is 0 Å². The molecule has 0 radical (unpaired) electrons. The van der Waals surface area contributed by atoms with E-state index < -0.39 is 10.0 Å². The van der Waals surface area contributed by atoms with E-state index in [-0.39, 0.29) is 18.9 Å². The standard InChI is InChI=1S/C20H26N2O4S/c1-16-9-11-17(12-10-16)15-21-20(23)8-5-13-22(27(3,24)25)18-6-4-7-19(14-18)26-2/h4,6-7,9-12,14H,5,8,13,15H2,1-3H3,(H,21,23).